The van der Waals surface area contributed by atoms with Gasteiger partial charge in [0.25, 0.3) is 0 Å². The van der Waals surface area contributed by atoms with E-state index in [1.54, 1.807) is 24.3 Å². The van der Waals surface area contributed by atoms with Crippen LogP contribution in [0, 0.1) is 0 Å². The van der Waals surface area contributed by atoms with Gasteiger partial charge in [0.15, 0.2) is 0 Å². The molecular formula is C14H21ClN2O2. The second kappa shape index (κ2) is 7.48. The first-order valence-corrected chi connectivity index (χ1v) is 6.78. The molecule has 1 atom stereocenters. The number of aliphatic hydroxyl groups excluding tert-OH is 1. The van der Waals surface area contributed by atoms with Crippen molar-refractivity contribution in [3.05, 3.63) is 29.3 Å². The highest BCUT2D eigenvalue weighted by atomic mass is 35.5. The summed E-state index contributed by atoms with van der Waals surface area (Å²) in [6, 6.07) is 7.03. The molecule has 5 heteroatoms. The van der Waals surface area contributed by atoms with E-state index in [9.17, 15) is 4.79 Å². The van der Waals surface area contributed by atoms with Crippen molar-refractivity contribution in [1.82, 2.24) is 5.32 Å². The molecule has 1 amide bonds. The summed E-state index contributed by atoms with van der Waals surface area (Å²) in [5, 5.41) is 15.5. The molecule has 3 N–H and O–H groups in total. The van der Waals surface area contributed by atoms with Crippen molar-refractivity contribution in [2.45, 2.75) is 32.2 Å². The van der Waals surface area contributed by atoms with Crippen molar-refractivity contribution in [2.75, 3.05) is 18.5 Å². The molecule has 4 nitrogen and oxygen atoms in total. The maximum absolute atomic E-state index is 11.8. The van der Waals surface area contributed by atoms with Crippen molar-refractivity contribution in [2.24, 2.45) is 0 Å². The Hall–Kier alpha value is -1.10. The van der Waals surface area contributed by atoms with Crippen LogP contribution in [0.4, 0.5) is 5.69 Å². The number of amides is 1. The second-order valence-corrected chi connectivity index (χ2v) is 5.24. The molecule has 0 bridgehead atoms. The Labute approximate surface area is 119 Å². The highest BCUT2D eigenvalue weighted by Gasteiger charge is 2.21. The van der Waals surface area contributed by atoms with Gasteiger partial charge in [0.2, 0.25) is 5.91 Å². The molecule has 0 radical (unpaired) electrons. The number of hydrogen-bond acceptors (Lipinski definition) is 3. The molecule has 0 aliphatic heterocycles. The van der Waals surface area contributed by atoms with E-state index in [0.717, 1.165) is 6.42 Å². The van der Waals surface area contributed by atoms with Crippen molar-refractivity contribution >= 4 is 23.2 Å². The zero-order valence-electron chi connectivity index (χ0n) is 11.4. The summed E-state index contributed by atoms with van der Waals surface area (Å²) < 4.78 is 0. The Morgan fingerprint density at radius 1 is 1.47 bits per heavy atom. The second-order valence-electron chi connectivity index (χ2n) is 4.80. The zero-order chi connectivity index (χ0) is 14.3. The first-order chi connectivity index (χ1) is 8.99. The molecule has 0 aromatic heterocycles. The van der Waals surface area contributed by atoms with Crippen molar-refractivity contribution < 1.29 is 9.90 Å². The van der Waals surface area contributed by atoms with Crippen molar-refractivity contribution in [1.29, 1.82) is 0 Å². The van der Waals surface area contributed by atoms with Gasteiger partial charge < -0.3 is 15.7 Å². The first kappa shape index (κ1) is 16.0. The molecule has 0 aliphatic carbocycles. The van der Waals surface area contributed by atoms with Crippen LogP contribution in [0.1, 0.15) is 26.7 Å². The molecular weight excluding hydrogens is 264 g/mol. The molecule has 0 saturated heterocycles. The number of carbonyl (C=O) groups excluding carboxylic acids is 1. The van der Waals surface area contributed by atoms with Crippen LogP contribution in [0.2, 0.25) is 5.02 Å². The predicted octanol–water partition coefficient (Wildman–Crippen LogP) is 2.42. The number of aliphatic hydroxyl groups is 1. The summed E-state index contributed by atoms with van der Waals surface area (Å²) in [5.74, 6) is -0.125. The van der Waals surface area contributed by atoms with E-state index in [4.69, 9.17) is 16.7 Å². The van der Waals surface area contributed by atoms with E-state index in [2.05, 4.69) is 10.6 Å². The van der Waals surface area contributed by atoms with Gasteiger partial charge in [-0.05, 0) is 38.0 Å². The van der Waals surface area contributed by atoms with E-state index in [1.165, 1.54) is 0 Å². The van der Waals surface area contributed by atoms with E-state index in [0.29, 0.717) is 17.1 Å². The fourth-order valence-electron chi connectivity index (χ4n) is 1.70. The molecule has 1 unspecified atom stereocenters. The SMILES string of the molecule is CCC(C)(CCO)NCC(=O)Nc1cccc(Cl)c1. The van der Waals surface area contributed by atoms with Gasteiger partial charge in [-0.2, -0.15) is 0 Å². The third kappa shape index (κ3) is 5.59. The zero-order valence-corrected chi connectivity index (χ0v) is 12.1. The van der Waals surface area contributed by atoms with Crippen molar-refractivity contribution in [3.8, 4) is 0 Å². The molecule has 0 heterocycles. The smallest absolute Gasteiger partial charge is 0.238 e. The number of nitrogens with one attached hydrogen (secondary N) is 2. The molecule has 106 valence electrons. The van der Waals surface area contributed by atoms with Gasteiger partial charge >= 0.3 is 0 Å². The molecule has 0 spiro atoms. The van der Waals surface area contributed by atoms with Gasteiger partial charge in [0.05, 0.1) is 6.54 Å². The number of benzene rings is 1. The lowest BCUT2D eigenvalue weighted by atomic mass is 9.95. The fourth-order valence-corrected chi connectivity index (χ4v) is 1.89. The van der Waals surface area contributed by atoms with Gasteiger partial charge in [-0.1, -0.05) is 24.6 Å². The molecule has 1 aromatic carbocycles. The maximum Gasteiger partial charge on any atom is 0.238 e. The lowest BCUT2D eigenvalue weighted by Crippen LogP contribution is -2.46. The first-order valence-electron chi connectivity index (χ1n) is 6.40. The van der Waals surface area contributed by atoms with Crippen molar-refractivity contribution in [3.63, 3.8) is 0 Å². The quantitative estimate of drug-likeness (QED) is 0.721. The minimum absolute atomic E-state index is 0.104. The minimum Gasteiger partial charge on any atom is -0.396 e. The number of rotatable bonds is 7. The van der Waals surface area contributed by atoms with Gasteiger partial charge in [-0.25, -0.2) is 0 Å². The van der Waals surface area contributed by atoms with Crippen LogP contribution < -0.4 is 10.6 Å². The van der Waals surface area contributed by atoms with Gasteiger partial charge in [-0.3, -0.25) is 4.79 Å². The molecule has 0 aliphatic rings. The summed E-state index contributed by atoms with van der Waals surface area (Å²) >= 11 is 5.85. The third-order valence-corrected chi connectivity index (χ3v) is 3.46. The minimum atomic E-state index is -0.222. The normalized spacial score (nSPS) is 13.9. The number of halogens is 1. The van der Waals surface area contributed by atoms with Crippen LogP contribution in [-0.4, -0.2) is 29.7 Å². The molecule has 1 aromatic rings. The topological polar surface area (TPSA) is 61.4 Å². The molecule has 0 saturated carbocycles. The summed E-state index contributed by atoms with van der Waals surface area (Å²) in [7, 11) is 0. The molecule has 0 fully saturated rings. The van der Waals surface area contributed by atoms with E-state index in [1.807, 2.05) is 13.8 Å². The standard InChI is InChI=1S/C14H21ClN2O2/c1-3-14(2,7-8-18)16-10-13(19)17-12-6-4-5-11(15)9-12/h4-6,9,16,18H,3,7-8,10H2,1-2H3,(H,17,19). The summed E-state index contributed by atoms with van der Waals surface area (Å²) in [4.78, 5) is 11.8. The Balaban J connectivity index is 2.47. The highest BCUT2D eigenvalue weighted by molar-refractivity contribution is 6.30. The summed E-state index contributed by atoms with van der Waals surface area (Å²) in [6.07, 6.45) is 1.46. The lowest BCUT2D eigenvalue weighted by molar-refractivity contribution is -0.115. The third-order valence-electron chi connectivity index (χ3n) is 3.23. The monoisotopic (exact) mass is 284 g/mol. The number of carbonyl (C=O) groups is 1. The van der Waals surface area contributed by atoms with Gasteiger partial charge in [0.1, 0.15) is 0 Å². The largest absolute Gasteiger partial charge is 0.396 e. The van der Waals surface area contributed by atoms with Gasteiger partial charge in [-0.15, -0.1) is 0 Å². The van der Waals surface area contributed by atoms with Gasteiger partial charge in [0, 0.05) is 22.9 Å². The maximum atomic E-state index is 11.8. The van der Waals surface area contributed by atoms with Crippen LogP contribution in [0.15, 0.2) is 24.3 Å². The molecule has 1 rings (SSSR count). The number of anilines is 1. The Bertz CT molecular complexity index is 426. The van der Waals surface area contributed by atoms with E-state index < -0.39 is 0 Å². The predicted molar refractivity (Wildman–Crippen MR) is 78.5 cm³/mol. The summed E-state index contributed by atoms with van der Waals surface area (Å²) in [6.45, 7) is 4.33. The lowest BCUT2D eigenvalue weighted by Gasteiger charge is -2.28. The van der Waals surface area contributed by atoms with Crippen LogP contribution in [0.25, 0.3) is 0 Å². The Morgan fingerprint density at radius 3 is 2.79 bits per heavy atom. The van der Waals surface area contributed by atoms with E-state index in [-0.39, 0.29) is 24.6 Å². The van der Waals surface area contributed by atoms with Crippen LogP contribution in [-0.2, 0) is 4.79 Å². The highest BCUT2D eigenvalue weighted by Crippen LogP contribution is 2.15. The van der Waals surface area contributed by atoms with Crippen LogP contribution in [0.5, 0.6) is 0 Å². The van der Waals surface area contributed by atoms with E-state index >= 15 is 0 Å². The van der Waals surface area contributed by atoms with Crippen LogP contribution >= 0.6 is 11.6 Å². The summed E-state index contributed by atoms with van der Waals surface area (Å²) in [5.41, 5.74) is 0.458. The average Bonchev–Trinajstić information content (AvgIpc) is 2.37. The number of hydrogen-bond donors (Lipinski definition) is 3. The van der Waals surface area contributed by atoms with Crippen LogP contribution in [0.3, 0.4) is 0 Å². The molecule has 19 heavy (non-hydrogen) atoms. The Kier molecular flexibility index (Phi) is 6.28. The Morgan fingerprint density at radius 2 is 2.21 bits per heavy atom. The fraction of sp³-hybridized carbons (Fsp3) is 0.500. The average molecular weight is 285 g/mol.